The fourth-order valence-electron chi connectivity index (χ4n) is 1.06. The van der Waals surface area contributed by atoms with Gasteiger partial charge in [0, 0.05) is 0 Å². The largest absolute Gasteiger partial charge is 0.481 e. The van der Waals surface area contributed by atoms with Crippen LogP contribution in [0.1, 0.15) is 20.3 Å². The van der Waals surface area contributed by atoms with Crippen molar-refractivity contribution in [3.8, 4) is 0 Å². The van der Waals surface area contributed by atoms with Gasteiger partial charge in [-0.1, -0.05) is 0 Å². The Bertz CT molecular complexity index is 164. The lowest BCUT2D eigenvalue weighted by Crippen LogP contribution is -2.22. The zero-order valence-corrected chi connectivity index (χ0v) is 6.66. The van der Waals surface area contributed by atoms with Gasteiger partial charge in [-0.05, 0) is 13.8 Å². The van der Waals surface area contributed by atoms with Gasteiger partial charge in [0.1, 0.15) is 0 Å². The van der Waals surface area contributed by atoms with Gasteiger partial charge in [0.25, 0.3) is 0 Å². The molecule has 0 radical (unpaired) electrons. The quantitative estimate of drug-likeness (QED) is 0.643. The van der Waals surface area contributed by atoms with E-state index in [1.54, 1.807) is 13.8 Å². The molecule has 64 valence electrons. The second-order valence-corrected chi connectivity index (χ2v) is 3.05. The first-order valence-electron chi connectivity index (χ1n) is 3.53. The molecule has 0 saturated carbocycles. The Balaban J connectivity index is 2.36. The van der Waals surface area contributed by atoms with Gasteiger partial charge in [-0.15, -0.1) is 0 Å². The average Bonchev–Trinajstić information content (AvgIpc) is 2.08. The number of carbonyl (C=O) groups is 1. The lowest BCUT2D eigenvalue weighted by atomic mass is 10.3. The van der Waals surface area contributed by atoms with Gasteiger partial charge in [-0.25, -0.2) is 0 Å². The minimum Gasteiger partial charge on any atom is -0.481 e. The van der Waals surface area contributed by atoms with Crippen LogP contribution in [0.3, 0.4) is 0 Å². The Hall–Kier alpha value is -0.610. The molecular formula is C7H12O4. The summed E-state index contributed by atoms with van der Waals surface area (Å²) in [6.45, 7) is 3.92. The molecular weight excluding hydrogens is 148 g/mol. The van der Waals surface area contributed by atoms with Crippen molar-refractivity contribution in [3.63, 3.8) is 0 Å². The van der Waals surface area contributed by atoms with Gasteiger partial charge in [0.15, 0.2) is 5.79 Å². The molecule has 1 fully saturated rings. The number of hydrogen-bond donors (Lipinski definition) is 1. The van der Waals surface area contributed by atoms with Gasteiger partial charge < -0.3 is 14.6 Å². The maximum Gasteiger partial charge on any atom is 0.306 e. The summed E-state index contributed by atoms with van der Waals surface area (Å²) in [4.78, 5) is 10.2. The summed E-state index contributed by atoms with van der Waals surface area (Å²) in [5.41, 5.74) is 0. The van der Waals surface area contributed by atoms with E-state index in [1.165, 1.54) is 0 Å². The first-order chi connectivity index (χ1) is 4.99. The van der Waals surface area contributed by atoms with Crippen LogP contribution in [0.15, 0.2) is 0 Å². The van der Waals surface area contributed by atoms with Crippen molar-refractivity contribution in [1.82, 2.24) is 0 Å². The highest BCUT2D eigenvalue weighted by molar-refractivity contribution is 5.67. The van der Waals surface area contributed by atoms with Crippen LogP contribution in [-0.4, -0.2) is 29.6 Å². The molecule has 0 amide bonds. The molecule has 11 heavy (non-hydrogen) atoms. The summed E-state index contributed by atoms with van der Waals surface area (Å²) in [6.07, 6.45) is -0.272. The van der Waals surface area contributed by atoms with Crippen LogP contribution in [0.25, 0.3) is 0 Å². The molecule has 4 nitrogen and oxygen atoms in total. The van der Waals surface area contributed by atoms with Crippen molar-refractivity contribution in [2.24, 2.45) is 0 Å². The van der Waals surface area contributed by atoms with Crippen LogP contribution in [0, 0.1) is 0 Å². The summed E-state index contributed by atoms with van der Waals surface area (Å²) in [5, 5.41) is 8.41. The Morgan fingerprint density at radius 3 is 2.73 bits per heavy atom. The first-order valence-corrected chi connectivity index (χ1v) is 3.53. The van der Waals surface area contributed by atoms with Gasteiger partial charge in [0.05, 0.1) is 19.1 Å². The topological polar surface area (TPSA) is 55.8 Å². The average molecular weight is 160 g/mol. The van der Waals surface area contributed by atoms with E-state index >= 15 is 0 Å². The molecule has 1 N–H and O–H groups in total. The Kier molecular flexibility index (Phi) is 2.15. The third kappa shape index (κ3) is 2.48. The predicted octanol–water partition coefficient (Wildman–Crippen LogP) is 0.613. The van der Waals surface area contributed by atoms with Crippen LogP contribution in [0.2, 0.25) is 0 Å². The van der Waals surface area contributed by atoms with Crippen molar-refractivity contribution in [2.45, 2.75) is 32.2 Å². The predicted molar refractivity (Wildman–Crippen MR) is 37.2 cm³/mol. The molecule has 1 atom stereocenters. The molecule has 1 saturated heterocycles. The van der Waals surface area contributed by atoms with Gasteiger partial charge in [0.2, 0.25) is 0 Å². The number of carboxylic acid groups (broad SMARTS) is 1. The molecule has 0 spiro atoms. The molecule has 1 unspecified atom stereocenters. The van der Waals surface area contributed by atoms with E-state index in [4.69, 9.17) is 14.6 Å². The van der Waals surface area contributed by atoms with Gasteiger partial charge in [-0.2, -0.15) is 0 Å². The fourth-order valence-corrected chi connectivity index (χ4v) is 1.06. The number of hydrogen-bond acceptors (Lipinski definition) is 3. The SMILES string of the molecule is CC1(C)OCC(CC(=O)O)O1. The highest BCUT2D eigenvalue weighted by Crippen LogP contribution is 2.23. The lowest BCUT2D eigenvalue weighted by Gasteiger charge is -2.16. The van der Waals surface area contributed by atoms with E-state index in [0.29, 0.717) is 6.61 Å². The molecule has 0 aliphatic carbocycles. The minimum absolute atomic E-state index is 0.0173. The van der Waals surface area contributed by atoms with Crippen LogP contribution in [0.5, 0.6) is 0 Å². The van der Waals surface area contributed by atoms with E-state index in [9.17, 15) is 4.79 Å². The highest BCUT2D eigenvalue weighted by atomic mass is 16.7. The van der Waals surface area contributed by atoms with Crippen LogP contribution >= 0.6 is 0 Å². The molecule has 4 heteroatoms. The molecule has 1 heterocycles. The second-order valence-electron chi connectivity index (χ2n) is 3.05. The van der Waals surface area contributed by atoms with Crippen molar-refractivity contribution >= 4 is 5.97 Å². The smallest absolute Gasteiger partial charge is 0.306 e. The maximum atomic E-state index is 10.2. The molecule has 1 aliphatic heterocycles. The van der Waals surface area contributed by atoms with E-state index in [0.717, 1.165) is 0 Å². The summed E-state index contributed by atoms with van der Waals surface area (Å²) < 4.78 is 10.4. The molecule has 1 aliphatic rings. The molecule has 0 aromatic heterocycles. The van der Waals surface area contributed by atoms with Crippen LogP contribution in [0.4, 0.5) is 0 Å². The van der Waals surface area contributed by atoms with Crippen molar-refractivity contribution in [2.75, 3.05) is 6.61 Å². The Morgan fingerprint density at radius 2 is 2.36 bits per heavy atom. The Morgan fingerprint density at radius 1 is 1.73 bits per heavy atom. The summed E-state index contributed by atoms with van der Waals surface area (Å²) >= 11 is 0. The van der Waals surface area contributed by atoms with Crippen molar-refractivity contribution < 1.29 is 19.4 Å². The normalized spacial score (nSPS) is 28.7. The molecule has 0 bridgehead atoms. The molecule has 1 rings (SSSR count). The van der Waals surface area contributed by atoms with Crippen molar-refractivity contribution in [3.05, 3.63) is 0 Å². The number of rotatable bonds is 2. The van der Waals surface area contributed by atoms with E-state index < -0.39 is 11.8 Å². The maximum absolute atomic E-state index is 10.2. The number of ether oxygens (including phenoxy) is 2. The second kappa shape index (κ2) is 2.79. The first kappa shape index (κ1) is 8.49. The third-order valence-corrected chi connectivity index (χ3v) is 1.47. The number of carboxylic acids is 1. The van der Waals surface area contributed by atoms with Crippen LogP contribution in [-0.2, 0) is 14.3 Å². The zero-order chi connectivity index (χ0) is 8.48. The summed E-state index contributed by atoms with van der Waals surface area (Å²) in [5.74, 6) is -1.46. The van der Waals surface area contributed by atoms with E-state index in [2.05, 4.69) is 0 Å². The zero-order valence-electron chi connectivity index (χ0n) is 6.66. The lowest BCUT2D eigenvalue weighted by molar-refractivity contribution is -0.149. The van der Waals surface area contributed by atoms with E-state index in [1.807, 2.05) is 0 Å². The van der Waals surface area contributed by atoms with Gasteiger partial charge in [-0.3, -0.25) is 4.79 Å². The molecule has 0 aromatic carbocycles. The fraction of sp³-hybridized carbons (Fsp3) is 0.857. The monoisotopic (exact) mass is 160 g/mol. The Labute approximate surface area is 65.1 Å². The van der Waals surface area contributed by atoms with Crippen LogP contribution < -0.4 is 0 Å². The van der Waals surface area contributed by atoms with Gasteiger partial charge >= 0.3 is 5.97 Å². The third-order valence-electron chi connectivity index (χ3n) is 1.47. The van der Waals surface area contributed by atoms with E-state index in [-0.39, 0.29) is 12.5 Å². The molecule has 0 aromatic rings. The number of aliphatic carboxylic acids is 1. The summed E-state index contributed by atoms with van der Waals surface area (Å²) in [7, 11) is 0. The summed E-state index contributed by atoms with van der Waals surface area (Å²) in [6, 6.07) is 0. The van der Waals surface area contributed by atoms with Crippen molar-refractivity contribution in [1.29, 1.82) is 0 Å². The minimum atomic E-state index is -0.851. The standard InChI is InChI=1S/C7H12O4/c1-7(2)10-4-5(11-7)3-6(8)9/h5H,3-4H2,1-2H3,(H,8,9). The highest BCUT2D eigenvalue weighted by Gasteiger charge is 2.33.